The molecule has 18 heavy (non-hydrogen) atoms. The summed E-state index contributed by atoms with van der Waals surface area (Å²) in [6.07, 6.45) is 8.12. The Morgan fingerprint density at radius 3 is 2.50 bits per heavy atom. The highest BCUT2D eigenvalue weighted by molar-refractivity contribution is 7.98. The van der Waals surface area contributed by atoms with E-state index in [0.717, 1.165) is 31.6 Å². The average molecular weight is 274 g/mol. The van der Waals surface area contributed by atoms with Crippen molar-refractivity contribution < 1.29 is 4.79 Å². The van der Waals surface area contributed by atoms with E-state index >= 15 is 0 Å². The summed E-state index contributed by atoms with van der Waals surface area (Å²) >= 11 is 1.79. The van der Waals surface area contributed by atoms with E-state index in [1.165, 1.54) is 12.8 Å². The zero-order valence-corrected chi connectivity index (χ0v) is 13.0. The third kappa shape index (κ3) is 8.81. The van der Waals surface area contributed by atoms with Gasteiger partial charge in [0.1, 0.15) is 0 Å². The van der Waals surface area contributed by atoms with Gasteiger partial charge in [-0.2, -0.15) is 11.8 Å². The van der Waals surface area contributed by atoms with Crippen molar-refractivity contribution in [2.45, 2.75) is 58.4 Å². The predicted octanol–water partition coefficient (Wildman–Crippen LogP) is 2.79. The van der Waals surface area contributed by atoms with Crippen LogP contribution in [0.1, 0.15) is 52.4 Å². The normalized spacial score (nSPS) is 14.2. The Balaban J connectivity index is 3.91. The summed E-state index contributed by atoms with van der Waals surface area (Å²) in [7, 11) is 0. The number of thioether (sulfide) groups is 1. The fourth-order valence-electron chi connectivity index (χ4n) is 2.17. The van der Waals surface area contributed by atoms with Gasteiger partial charge in [-0.15, -0.1) is 0 Å². The van der Waals surface area contributed by atoms with Crippen LogP contribution in [0.15, 0.2) is 0 Å². The Bertz CT molecular complexity index is 206. The first-order valence-electron chi connectivity index (χ1n) is 7.16. The summed E-state index contributed by atoms with van der Waals surface area (Å²) in [6.45, 7) is 5.04. The molecule has 0 aliphatic rings. The number of amides is 1. The van der Waals surface area contributed by atoms with Crippen LogP contribution in [0.4, 0.5) is 0 Å². The molecule has 2 atom stereocenters. The van der Waals surface area contributed by atoms with Gasteiger partial charge in [0.05, 0.1) is 0 Å². The molecule has 0 aliphatic carbocycles. The van der Waals surface area contributed by atoms with E-state index < -0.39 is 0 Å². The first-order valence-corrected chi connectivity index (χ1v) is 8.55. The monoisotopic (exact) mass is 274 g/mol. The van der Waals surface area contributed by atoms with E-state index in [2.05, 4.69) is 25.4 Å². The van der Waals surface area contributed by atoms with Gasteiger partial charge in [-0.3, -0.25) is 4.79 Å². The van der Waals surface area contributed by atoms with Gasteiger partial charge in [0.2, 0.25) is 5.91 Å². The second kappa shape index (κ2) is 11.8. The first-order chi connectivity index (χ1) is 8.67. The van der Waals surface area contributed by atoms with Gasteiger partial charge in [-0.25, -0.2) is 0 Å². The molecule has 3 N–H and O–H groups in total. The molecule has 0 aromatic rings. The van der Waals surface area contributed by atoms with Crippen LogP contribution in [0.3, 0.4) is 0 Å². The van der Waals surface area contributed by atoms with Crippen molar-refractivity contribution in [1.29, 1.82) is 0 Å². The third-order valence-corrected chi connectivity index (χ3v) is 4.01. The lowest BCUT2D eigenvalue weighted by molar-refractivity contribution is -0.122. The molecule has 1 amide bonds. The minimum Gasteiger partial charge on any atom is -0.353 e. The van der Waals surface area contributed by atoms with Gasteiger partial charge < -0.3 is 11.1 Å². The maximum atomic E-state index is 11.8. The highest BCUT2D eigenvalue weighted by Crippen LogP contribution is 2.17. The zero-order valence-electron chi connectivity index (χ0n) is 12.2. The molecular weight excluding hydrogens is 244 g/mol. The Labute approximate surface area is 117 Å². The quantitative estimate of drug-likeness (QED) is 0.609. The van der Waals surface area contributed by atoms with Crippen molar-refractivity contribution in [3.63, 3.8) is 0 Å². The van der Waals surface area contributed by atoms with E-state index in [9.17, 15) is 4.79 Å². The smallest absolute Gasteiger partial charge is 0.220 e. The molecule has 0 aromatic carbocycles. The fraction of sp³-hybridized carbons (Fsp3) is 0.929. The van der Waals surface area contributed by atoms with Crippen LogP contribution in [0.2, 0.25) is 0 Å². The van der Waals surface area contributed by atoms with E-state index in [4.69, 9.17) is 5.73 Å². The second-order valence-corrected chi connectivity index (χ2v) is 5.81. The molecule has 0 aliphatic heterocycles. The minimum absolute atomic E-state index is 0.203. The maximum absolute atomic E-state index is 11.8. The van der Waals surface area contributed by atoms with Crippen LogP contribution in [-0.2, 0) is 4.79 Å². The number of rotatable bonds is 11. The summed E-state index contributed by atoms with van der Waals surface area (Å²) in [5.41, 5.74) is 5.60. The number of nitrogens with two attached hydrogens (primary N) is 1. The number of nitrogens with one attached hydrogen (secondary N) is 1. The Morgan fingerprint density at radius 1 is 1.28 bits per heavy atom. The molecule has 0 aromatic heterocycles. The molecule has 0 radical (unpaired) electrons. The predicted molar refractivity (Wildman–Crippen MR) is 81.9 cm³/mol. The number of carbonyl (C=O) groups excluding carboxylic acids is 1. The first kappa shape index (κ1) is 17.8. The minimum atomic E-state index is 0.203. The van der Waals surface area contributed by atoms with Crippen molar-refractivity contribution >= 4 is 17.7 Å². The second-order valence-electron chi connectivity index (χ2n) is 4.90. The van der Waals surface area contributed by atoms with Crippen LogP contribution in [0.25, 0.3) is 0 Å². The zero-order chi connectivity index (χ0) is 13.8. The van der Waals surface area contributed by atoms with Crippen molar-refractivity contribution in [2.24, 2.45) is 11.7 Å². The number of carbonyl (C=O) groups is 1. The highest BCUT2D eigenvalue weighted by atomic mass is 32.2. The summed E-state index contributed by atoms with van der Waals surface area (Å²) < 4.78 is 0. The maximum Gasteiger partial charge on any atom is 0.220 e. The Kier molecular flexibility index (Phi) is 11.7. The molecule has 3 nitrogen and oxygen atoms in total. The Morgan fingerprint density at radius 2 is 2.00 bits per heavy atom. The molecule has 0 saturated carbocycles. The number of hydrogen-bond acceptors (Lipinski definition) is 3. The summed E-state index contributed by atoms with van der Waals surface area (Å²) in [5.74, 6) is 1.82. The largest absolute Gasteiger partial charge is 0.353 e. The van der Waals surface area contributed by atoms with Gasteiger partial charge in [-0.05, 0) is 38.0 Å². The summed E-state index contributed by atoms with van der Waals surface area (Å²) in [5, 5.41) is 3.12. The standard InChI is InChI=1S/C14H30N2OS/c1-4-6-12(9-10-15)7-8-14(17)16-13(5-2)11-18-3/h12-13H,4-11,15H2,1-3H3,(H,16,17). The van der Waals surface area contributed by atoms with Crippen molar-refractivity contribution in [1.82, 2.24) is 5.32 Å². The van der Waals surface area contributed by atoms with Crippen LogP contribution >= 0.6 is 11.8 Å². The van der Waals surface area contributed by atoms with Crippen molar-refractivity contribution in [2.75, 3.05) is 18.6 Å². The van der Waals surface area contributed by atoms with Gasteiger partial charge >= 0.3 is 0 Å². The van der Waals surface area contributed by atoms with Crippen molar-refractivity contribution in [3.05, 3.63) is 0 Å². The fourth-order valence-corrected chi connectivity index (χ4v) is 2.90. The molecule has 0 heterocycles. The molecular formula is C14H30N2OS. The Hall–Kier alpha value is -0.220. The lowest BCUT2D eigenvalue weighted by Gasteiger charge is -2.18. The third-order valence-electron chi connectivity index (χ3n) is 3.28. The van der Waals surface area contributed by atoms with E-state index in [0.29, 0.717) is 18.4 Å². The van der Waals surface area contributed by atoms with Gasteiger partial charge in [-0.1, -0.05) is 26.7 Å². The SMILES string of the molecule is CCCC(CCN)CCC(=O)NC(CC)CSC. The van der Waals surface area contributed by atoms with Crippen LogP contribution in [0, 0.1) is 5.92 Å². The summed E-state index contributed by atoms with van der Waals surface area (Å²) in [4.78, 5) is 11.8. The van der Waals surface area contributed by atoms with E-state index in [1.54, 1.807) is 11.8 Å². The van der Waals surface area contributed by atoms with Crippen LogP contribution in [-0.4, -0.2) is 30.5 Å². The average Bonchev–Trinajstić information content (AvgIpc) is 2.36. The van der Waals surface area contributed by atoms with Gasteiger partial charge in [0, 0.05) is 18.2 Å². The van der Waals surface area contributed by atoms with Crippen LogP contribution < -0.4 is 11.1 Å². The molecule has 0 fully saturated rings. The van der Waals surface area contributed by atoms with Crippen molar-refractivity contribution in [3.8, 4) is 0 Å². The van der Waals surface area contributed by atoms with Crippen LogP contribution in [0.5, 0.6) is 0 Å². The van der Waals surface area contributed by atoms with E-state index in [-0.39, 0.29) is 5.91 Å². The van der Waals surface area contributed by atoms with Gasteiger partial charge in [0.25, 0.3) is 0 Å². The lowest BCUT2D eigenvalue weighted by Crippen LogP contribution is -2.36. The molecule has 0 bridgehead atoms. The van der Waals surface area contributed by atoms with E-state index in [1.807, 2.05) is 0 Å². The number of hydrogen-bond donors (Lipinski definition) is 2. The molecule has 0 spiro atoms. The topological polar surface area (TPSA) is 55.1 Å². The van der Waals surface area contributed by atoms with Gasteiger partial charge in [0.15, 0.2) is 0 Å². The molecule has 2 unspecified atom stereocenters. The highest BCUT2D eigenvalue weighted by Gasteiger charge is 2.13. The molecule has 0 saturated heterocycles. The molecule has 4 heteroatoms. The molecule has 0 rings (SSSR count). The molecule has 108 valence electrons. The summed E-state index contributed by atoms with van der Waals surface area (Å²) in [6, 6.07) is 0.326. The lowest BCUT2D eigenvalue weighted by atomic mass is 9.94.